The smallest absolute Gasteiger partial charge is 0.220 e. The van der Waals surface area contributed by atoms with Crippen LogP contribution in [0.3, 0.4) is 0 Å². The van der Waals surface area contributed by atoms with E-state index in [1.54, 1.807) is 0 Å². The van der Waals surface area contributed by atoms with E-state index in [9.17, 15) is 4.79 Å². The third kappa shape index (κ3) is 5.32. The fourth-order valence-electron chi connectivity index (χ4n) is 1.96. The van der Waals surface area contributed by atoms with Gasteiger partial charge < -0.3 is 10.6 Å². The van der Waals surface area contributed by atoms with E-state index in [1.165, 1.54) is 16.7 Å². The van der Waals surface area contributed by atoms with E-state index in [1.807, 2.05) is 7.05 Å². The lowest BCUT2D eigenvalue weighted by molar-refractivity contribution is -0.121. The SMILES string of the molecule is CNCCCNC(=O)CCc1ccc(C)cc1C. The second-order valence-electron chi connectivity index (χ2n) is 4.74. The predicted octanol–water partition coefficient (Wildman–Crippen LogP) is 1.96. The molecule has 1 aromatic carbocycles. The van der Waals surface area contributed by atoms with Gasteiger partial charge >= 0.3 is 0 Å². The monoisotopic (exact) mass is 248 g/mol. The third-order valence-electron chi connectivity index (χ3n) is 3.05. The zero-order valence-electron chi connectivity index (χ0n) is 11.7. The molecule has 0 saturated carbocycles. The highest BCUT2D eigenvalue weighted by molar-refractivity contribution is 5.76. The Morgan fingerprint density at radius 2 is 2.00 bits per heavy atom. The molecule has 0 heterocycles. The summed E-state index contributed by atoms with van der Waals surface area (Å²) in [6, 6.07) is 6.40. The molecule has 0 radical (unpaired) electrons. The minimum absolute atomic E-state index is 0.145. The van der Waals surface area contributed by atoms with Gasteiger partial charge in [0.25, 0.3) is 0 Å². The van der Waals surface area contributed by atoms with Gasteiger partial charge in [-0.2, -0.15) is 0 Å². The van der Waals surface area contributed by atoms with Gasteiger partial charge in [-0.1, -0.05) is 23.8 Å². The first kappa shape index (κ1) is 14.7. The van der Waals surface area contributed by atoms with Crippen LogP contribution in [-0.4, -0.2) is 26.0 Å². The van der Waals surface area contributed by atoms with E-state index in [-0.39, 0.29) is 5.91 Å². The summed E-state index contributed by atoms with van der Waals surface area (Å²) < 4.78 is 0. The van der Waals surface area contributed by atoms with Gasteiger partial charge in [0.15, 0.2) is 0 Å². The molecule has 100 valence electrons. The number of carbonyl (C=O) groups excluding carboxylic acids is 1. The second-order valence-corrected chi connectivity index (χ2v) is 4.74. The molecule has 0 bridgehead atoms. The van der Waals surface area contributed by atoms with Crippen molar-refractivity contribution in [3.05, 3.63) is 34.9 Å². The number of benzene rings is 1. The quantitative estimate of drug-likeness (QED) is 0.724. The van der Waals surface area contributed by atoms with Crippen molar-refractivity contribution in [1.82, 2.24) is 10.6 Å². The van der Waals surface area contributed by atoms with Gasteiger partial charge in [0.05, 0.1) is 0 Å². The number of rotatable bonds is 7. The summed E-state index contributed by atoms with van der Waals surface area (Å²) in [6.07, 6.45) is 2.37. The first-order valence-electron chi connectivity index (χ1n) is 6.61. The standard InChI is InChI=1S/C15H24N2O/c1-12-5-6-14(13(2)11-12)7-8-15(18)17-10-4-9-16-3/h5-6,11,16H,4,7-10H2,1-3H3,(H,17,18). The topological polar surface area (TPSA) is 41.1 Å². The number of nitrogens with one attached hydrogen (secondary N) is 2. The number of aryl methyl sites for hydroxylation is 3. The first-order valence-corrected chi connectivity index (χ1v) is 6.61. The molecule has 0 saturated heterocycles. The van der Waals surface area contributed by atoms with Gasteiger partial charge in [0, 0.05) is 13.0 Å². The molecule has 0 unspecified atom stereocenters. The van der Waals surface area contributed by atoms with Crippen LogP contribution < -0.4 is 10.6 Å². The summed E-state index contributed by atoms with van der Waals surface area (Å²) in [4.78, 5) is 11.6. The van der Waals surface area contributed by atoms with Crippen LogP contribution in [0.1, 0.15) is 29.5 Å². The van der Waals surface area contributed by atoms with Crippen molar-refractivity contribution < 1.29 is 4.79 Å². The molecule has 0 spiro atoms. The van der Waals surface area contributed by atoms with E-state index >= 15 is 0 Å². The number of hydrogen-bond donors (Lipinski definition) is 2. The minimum Gasteiger partial charge on any atom is -0.356 e. The Balaban J connectivity index is 2.29. The summed E-state index contributed by atoms with van der Waals surface area (Å²) in [6.45, 7) is 5.89. The Bertz CT molecular complexity index is 388. The molecule has 3 heteroatoms. The highest BCUT2D eigenvalue weighted by atomic mass is 16.1. The summed E-state index contributed by atoms with van der Waals surface area (Å²) in [5.74, 6) is 0.145. The van der Waals surface area contributed by atoms with Gasteiger partial charge in [-0.3, -0.25) is 4.79 Å². The predicted molar refractivity (Wildman–Crippen MR) is 75.8 cm³/mol. The molecule has 0 aliphatic carbocycles. The highest BCUT2D eigenvalue weighted by Crippen LogP contribution is 2.12. The average molecular weight is 248 g/mol. The van der Waals surface area contributed by atoms with Crippen LogP contribution in [0.4, 0.5) is 0 Å². The summed E-state index contributed by atoms with van der Waals surface area (Å²) in [5.41, 5.74) is 3.82. The molecule has 0 aliphatic rings. The first-order chi connectivity index (χ1) is 8.63. The van der Waals surface area contributed by atoms with E-state index in [2.05, 4.69) is 42.7 Å². The van der Waals surface area contributed by atoms with Crippen LogP contribution in [0.15, 0.2) is 18.2 Å². The van der Waals surface area contributed by atoms with Crippen LogP contribution in [0.5, 0.6) is 0 Å². The molecule has 1 rings (SSSR count). The number of amides is 1. The van der Waals surface area contributed by atoms with Crippen molar-refractivity contribution in [2.75, 3.05) is 20.1 Å². The maximum absolute atomic E-state index is 11.6. The summed E-state index contributed by atoms with van der Waals surface area (Å²) in [7, 11) is 1.92. The zero-order chi connectivity index (χ0) is 13.4. The van der Waals surface area contributed by atoms with Crippen LogP contribution in [0.25, 0.3) is 0 Å². The molecule has 3 nitrogen and oxygen atoms in total. The minimum atomic E-state index is 0.145. The fourth-order valence-corrected chi connectivity index (χ4v) is 1.96. The van der Waals surface area contributed by atoms with Crippen LogP contribution in [0.2, 0.25) is 0 Å². The Morgan fingerprint density at radius 1 is 1.22 bits per heavy atom. The zero-order valence-corrected chi connectivity index (χ0v) is 11.7. The van der Waals surface area contributed by atoms with Crippen molar-refractivity contribution in [2.24, 2.45) is 0 Å². The van der Waals surface area contributed by atoms with Crippen molar-refractivity contribution >= 4 is 5.91 Å². The Hall–Kier alpha value is -1.35. The highest BCUT2D eigenvalue weighted by Gasteiger charge is 2.03. The molecule has 18 heavy (non-hydrogen) atoms. The third-order valence-corrected chi connectivity index (χ3v) is 3.05. The lowest BCUT2D eigenvalue weighted by Gasteiger charge is -2.08. The van der Waals surface area contributed by atoms with Gasteiger partial charge in [-0.15, -0.1) is 0 Å². The maximum atomic E-state index is 11.6. The average Bonchev–Trinajstić information content (AvgIpc) is 2.33. The van der Waals surface area contributed by atoms with Crippen LogP contribution in [0, 0.1) is 13.8 Å². The van der Waals surface area contributed by atoms with Crippen molar-refractivity contribution in [1.29, 1.82) is 0 Å². The molecule has 2 N–H and O–H groups in total. The Labute approximate surface area is 110 Å². The van der Waals surface area contributed by atoms with Crippen molar-refractivity contribution in [3.8, 4) is 0 Å². The lowest BCUT2D eigenvalue weighted by atomic mass is 10.0. The molecule has 1 aromatic rings. The van der Waals surface area contributed by atoms with Gasteiger partial charge in [-0.05, 0) is 51.4 Å². The molecular formula is C15H24N2O. The van der Waals surface area contributed by atoms with Crippen molar-refractivity contribution in [3.63, 3.8) is 0 Å². The Kier molecular flexibility index (Phi) is 6.44. The molecule has 1 amide bonds. The molecular weight excluding hydrogens is 224 g/mol. The number of hydrogen-bond acceptors (Lipinski definition) is 2. The van der Waals surface area contributed by atoms with E-state index < -0.39 is 0 Å². The van der Waals surface area contributed by atoms with Crippen LogP contribution in [-0.2, 0) is 11.2 Å². The maximum Gasteiger partial charge on any atom is 0.220 e. The largest absolute Gasteiger partial charge is 0.356 e. The molecule has 0 fully saturated rings. The van der Waals surface area contributed by atoms with Gasteiger partial charge in [0.1, 0.15) is 0 Å². The van der Waals surface area contributed by atoms with E-state index in [4.69, 9.17) is 0 Å². The number of carbonyl (C=O) groups is 1. The lowest BCUT2D eigenvalue weighted by Crippen LogP contribution is -2.26. The van der Waals surface area contributed by atoms with Gasteiger partial charge in [0.2, 0.25) is 5.91 Å². The summed E-state index contributed by atoms with van der Waals surface area (Å²) >= 11 is 0. The van der Waals surface area contributed by atoms with Crippen molar-refractivity contribution in [2.45, 2.75) is 33.1 Å². The summed E-state index contributed by atoms with van der Waals surface area (Å²) in [5, 5.41) is 6.00. The Morgan fingerprint density at radius 3 is 2.67 bits per heavy atom. The second kappa shape index (κ2) is 7.88. The fraction of sp³-hybridized carbons (Fsp3) is 0.533. The molecule has 0 aromatic heterocycles. The van der Waals surface area contributed by atoms with E-state index in [0.717, 1.165) is 25.9 Å². The van der Waals surface area contributed by atoms with E-state index in [0.29, 0.717) is 6.42 Å². The molecule has 0 atom stereocenters. The molecule has 0 aliphatic heterocycles. The van der Waals surface area contributed by atoms with Gasteiger partial charge in [-0.25, -0.2) is 0 Å². The van der Waals surface area contributed by atoms with Crippen LogP contribution >= 0.6 is 0 Å². The normalized spacial score (nSPS) is 10.4.